The summed E-state index contributed by atoms with van der Waals surface area (Å²) in [4.78, 5) is 8.07. The van der Waals surface area contributed by atoms with Crippen LogP contribution in [-0.2, 0) is 5.41 Å². The lowest BCUT2D eigenvalue weighted by molar-refractivity contribution is 0.598. The molecule has 8 rings (SSSR count). The topological polar surface area (TPSA) is 34.4 Å². The Morgan fingerprint density at radius 1 is 0.413 bits per heavy atom. The maximum atomic E-state index is 4.57. The number of hydrogen-bond acceptors (Lipinski definition) is 5. The van der Waals surface area contributed by atoms with E-state index >= 15 is 0 Å². The minimum absolute atomic E-state index is 0.639. The van der Waals surface area contributed by atoms with Crippen LogP contribution in [0.15, 0.2) is 113 Å². The highest BCUT2D eigenvalue weighted by molar-refractivity contribution is 14.1. The summed E-state index contributed by atoms with van der Waals surface area (Å²) in [6.07, 6.45) is 23.0. The average Bonchev–Trinajstić information content (AvgIpc) is 3.31. The molecule has 0 unspecified atom stereocenters. The van der Waals surface area contributed by atoms with E-state index in [0.29, 0.717) is 0 Å². The zero-order valence-electron chi connectivity index (χ0n) is 38.3. The van der Waals surface area contributed by atoms with Gasteiger partial charge < -0.3 is 14.7 Å². The SMILES string of the molecule is CCCCCCCCN1c2cccc3c2C2(C#Cc4ccc(N=Nc5ccc(I)cc5)cc4)c4c1cccc4N(CCCCCCCC)c1cccc(c12)N3CCCCCCCC. The molecule has 0 aliphatic carbocycles. The Morgan fingerprint density at radius 2 is 0.730 bits per heavy atom. The molecule has 3 heterocycles. The summed E-state index contributed by atoms with van der Waals surface area (Å²) < 4.78 is 1.19. The summed E-state index contributed by atoms with van der Waals surface area (Å²) in [5.41, 5.74) is 14.1. The first-order chi connectivity index (χ1) is 31.1. The van der Waals surface area contributed by atoms with E-state index in [1.807, 2.05) is 12.1 Å². The predicted octanol–water partition coefficient (Wildman–Crippen LogP) is 17.5. The van der Waals surface area contributed by atoms with E-state index < -0.39 is 5.41 Å². The molecule has 0 saturated carbocycles. The molecule has 3 aliphatic heterocycles. The molecule has 6 heteroatoms. The van der Waals surface area contributed by atoms with Crippen LogP contribution in [0.1, 0.15) is 159 Å². The maximum Gasteiger partial charge on any atom is 0.119 e. The second kappa shape index (κ2) is 21.8. The lowest BCUT2D eigenvalue weighted by atomic mass is 9.61. The summed E-state index contributed by atoms with van der Waals surface area (Å²) >= 11 is 2.32. The molecule has 5 nitrogen and oxygen atoms in total. The van der Waals surface area contributed by atoms with Crippen LogP contribution in [0.25, 0.3) is 0 Å². The van der Waals surface area contributed by atoms with Crippen molar-refractivity contribution in [3.8, 4) is 11.8 Å². The van der Waals surface area contributed by atoms with Gasteiger partial charge in [0.05, 0.1) is 11.4 Å². The normalized spacial score (nSPS) is 13.9. The van der Waals surface area contributed by atoms with E-state index in [0.717, 1.165) is 36.6 Å². The van der Waals surface area contributed by atoms with Crippen molar-refractivity contribution in [2.24, 2.45) is 10.2 Å². The molecule has 3 aliphatic rings. The molecule has 5 aromatic rings. The molecule has 328 valence electrons. The highest BCUT2D eigenvalue weighted by Gasteiger charge is 2.55. The molecule has 0 saturated heterocycles. The van der Waals surface area contributed by atoms with E-state index in [1.165, 1.54) is 170 Å². The molecule has 0 fully saturated rings. The second-order valence-corrected chi connectivity index (χ2v) is 19.2. The number of azo groups is 1. The Labute approximate surface area is 392 Å². The zero-order chi connectivity index (χ0) is 43.4. The van der Waals surface area contributed by atoms with Gasteiger partial charge in [-0.05, 0) is 127 Å². The minimum Gasteiger partial charge on any atom is -0.341 e. The number of benzene rings is 5. The van der Waals surface area contributed by atoms with Crippen molar-refractivity contribution in [3.05, 3.63) is 129 Å². The number of anilines is 6. The first kappa shape index (κ1) is 45.0. The Hall–Kier alpha value is -4.61. The average molecular weight is 950 g/mol. The van der Waals surface area contributed by atoms with Crippen molar-refractivity contribution in [1.29, 1.82) is 0 Å². The van der Waals surface area contributed by atoms with Crippen LogP contribution in [0.2, 0.25) is 0 Å². The molecule has 63 heavy (non-hydrogen) atoms. The van der Waals surface area contributed by atoms with Gasteiger partial charge in [0.25, 0.3) is 0 Å². The molecule has 0 aromatic heterocycles. The fourth-order valence-corrected chi connectivity index (χ4v) is 10.7. The van der Waals surface area contributed by atoms with Crippen LogP contribution >= 0.6 is 22.6 Å². The fourth-order valence-electron chi connectivity index (χ4n) is 10.3. The Balaban J connectivity index is 1.26. The maximum absolute atomic E-state index is 4.57. The van der Waals surface area contributed by atoms with Crippen LogP contribution in [-0.4, -0.2) is 19.6 Å². The summed E-state index contributed by atoms with van der Waals surface area (Å²) in [6, 6.07) is 37.9. The summed E-state index contributed by atoms with van der Waals surface area (Å²) in [6.45, 7) is 9.94. The zero-order valence-corrected chi connectivity index (χ0v) is 40.4. The van der Waals surface area contributed by atoms with Gasteiger partial charge >= 0.3 is 0 Å². The molecule has 0 spiro atoms. The summed E-state index contributed by atoms with van der Waals surface area (Å²) in [5, 5.41) is 9.09. The van der Waals surface area contributed by atoms with Gasteiger partial charge in [-0.2, -0.15) is 10.2 Å². The number of unbranched alkanes of at least 4 members (excludes halogenated alkanes) is 15. The van der Waals surface area contributed by atoms with Gasteiger partial charge in [0, 0.05) is 79.6 Å². The molecule has 0 radical (unpaired) electrons. The van der Waals surface area contributed by atoms with Crippen LogP contribution in [0.3, 0.4) is 0 Å². The van der Waals surface area contributed by atoms with Crippen LogP contribution in [0, 0.1) is 15.4 Å². The summed E-state index contributed by atoms with van der Waals surface area (Å²) in [5.74, 6) is 8.01. The predicted molar refractivity (Wildman–Crippen MR) is 277 cm³/mol. The highest BCUT2D eigenvalue weighted by atomic mass is 127. The molecule has 0 atom stereocenters. The van der Waals surface area contributed by atoms with Gasteiger partial charge in [0.15, 0.2) is 0 Å². The fraction of sp³-hybridized carbons (Fsp3) is 0.439. The third-order valence-electron chi connectivity index (χ3n) is 13.5. The van der Waals surface area contributed by atoms with Gasteiger partial charge in [-0.25, -0.2) is 0 Å². The second-order valence-electron chi connectivity index (χ2n) is 18.0. The highest BCUT2D eigenvalue weighted by Crippen LogP contribution is 2.66. The third kappa shape index (κ3) is 9.75. The van der Waals surface area contributed by atoms with Crippen LogP contribution in [0.4, 0.5) is 45.5 Å². The van der Waals surface area contributed by atoms with Crippen molar-refractivity contribution in [2.75, 3.05) is 34.3 Å². The van der Waals surface area contributed by atoms with Crippen molar-refractivity contribution >= 4 is 68.1 Å². The van der Waals surface area contributed by atoms with Crippen molar-refractivity contribution in [3.63, 3.8) is 0 Å². The number of nitrogens with zero attached hydrogens (tertiary/aromatic N) is 5. The van der Waals surface area contributed by atoms with Crippen LogP contribution < -0.4 is 14.7 Å². The molecule has 0 N–H and O–H groups in total. The van der Waals surface area contributed by atoms with E-state index in [2.05, 4.69) is 171 Å². The Kier molecular flexibility index (Phi) is 15.6. The first-order valence-electron chi connectivity index (χ1n) is 24.6. The summed E-state index contributed by atoms with van der Waals surface area (Å²) in [7, 11) is 0. The minimum atomic E-state index is -0.639. The molecule has 0 bridgehead atoms. The number of halogens is 1. The van der Waals surface area contributed by atoms with Crippen molar-refractivity contribution in [1.82, 2.24) is 0 Å². The first-order valence-corrected chi connectivity index (χ1v) is 25.7. The standard InChI is InChI=1S/C57H68IN5/c1-4-7-10-13-16-19-41-61-48-25-22-27-50-54(48)57(40-39-44-31-35-46(36-32-44)59-60-47-37-33-45(58)34-38-47)55-49(61)26-23-28-51(55)63(43-21-18-15-12-9-6-3)53-30-24-29-52(56(53)57)62(50)42-20-17-14-11-8-5-2/h22-38H,4-21,41-43H2,1-3H3. The lowest BCUT2D eigenvalue weighted by Crippen LogP contribution is -2.47. The monoisotopic (exact) mass is 949 g/mol. The van der Waals surface area contributed by atoms with Gasteiger partial charge in [-0.15, -0.1) is 0 Å². The van der Waals surface area contributed by atoms with E-state index in [-0.39, 0.29) is 0 Å². The largest absolute Gasteiger partial charge is 0.341 e. The van der Waals surface area contributed by atoms with E-state index in [1.54, 1.807) is 0 Å². The Bertz CT molecular complexity index is 2130. The van der Waals surface area contributed by atoms with Crippen molar-refractivity contribution < 1.29 is 0 Å². The van der Waals surface area contributed by atoms with Gasteiger partial charge in [0.2, 0.25) is 0 Å². The van der Waals surface area contributed by atoms with Gasteiger partial charge in [0.1, 0.15) is 5.41 Å². The number of rotatable bonds is 23. The molecule has 0 amide bonds. The lowest BCUT2D eigenvalue weighted by Gasteiger charge is -2.54. The van der Waals surface area contributed by atoms with Gasteiger partial charge in [-0.3, -0.25) is 0 Å². The Morgan fingerprint density at radius 3 is 1.08 bits per heavy atom. The van der Waals surface area contributed by atoms with Crippen molar-refractivity contribution in [2.45, 2.75) is 142 Å². The van der Waals surface area contributed by atoms with E-state index in [9.17, 15) is 0 Å². The molecule has 5 aromatic carbocycles. The van der Waals surface area contributed by atoms with Gasteiger partial charge in [-0.1, -0.05) is 147 Å². The molecular weight excluding hydrogens is 882 g/mol. The number of hydrogen-bond donors (Lipinski definition) is 0. The quantitative estimate of drug-likeness (QED) is 0.0283. The van der Waals surface area contributed by atoms with E-state index in [4.69, 9.17) is 0 Å². The molecular formula is C57H68IN5. The third-order valence-corrected chi connectivity index (χ3v) is 14.2. The van der Waals surface area contributed by atoms with Crippen LogP contribution in [0.5, 0.6) is 0 Å². The smallest absolute Gasteiger partial charge is 0.119 e.